The smallest absolute Gasteiger partial charge is 0.209 e. The number of hydrogen-bond acceptors (Lipinski definition) is 5. The molecule has 8 nitrogen and oxygen atoms in total. The fraction of sp³-hybridized carbons (Fsp3) is 0.538. The summed E-state index contributed by atoms with van der Waals surface area (Å²) >= 11 is 0. The van der Waals surface area contributed by atoms with Gasteiger partial charge in [-0.1, -0.05) is 0 Å². The van der Waals surface area contributed by atoms with Gasteiger partial charge in [0.2, 0.25) is 10.0 Å². The highest BCUT2D eigenvalue weighted by molar-refractivity contribution is 7.88. The van der Waals surface area contributed by atoms with E-state index in [1.807, 2.05) is 25.6 Å². The fourth-order valence-electron chi connectivity index (χ4n) is 2.60. The largest absolute Gasteiger partial charge is 0.332 e. The van der Waals surface area contributed by atoms with Crippen LogP contribution in [0.1, 0.15) is 17.1 Å². The molecule has 0 aromatic carbocycles. The van der Waals surface area contributed by atoms with Crippen LogP contribution >= 0.6 is 0 Å². The summed E-state index contributed by atoms with van der Waals surface area (Å²) in [6.45, 7) is 3.64. The number of nitrogens with zero attached hydrogens (tertiary/aromatic N) is 5. The van der Waals surface area contributed by atoms with Crippen molar-refractivity contribution >= 4 is 10.0 Å². The molecule has 1 N–H and O–H groups in total. The van der Waals surface area contributed by atoms with Gasteiger partial charge >= 0.3 is 0 Å². The summed E-state index contributed by atoms with van der Waals surface area (Å²) in [5, 5.41) is 4.18. The molecule has 0 radical (unpaired) electrons. The van der Waals surface area contributed by atoms with E-state index in [1.54, 1.807) is 4.68 Å². The average Bonchev–Trinajstić information content (AvgIpc) is 3.01. The third-order valence-corrected chi connectivity index (χ3v) is 4.28. The molecule has 1 aliphatic heterocycles. The topological polar surface area (TPSA) is 85.0 Å². The average molecular weight is 324 g/mol. The Morgan fingerprint density at radius 2 is 2.14 bits per heavy atom. The van der Waals surface area contributed by atoms with E-state index in [9.17, 15) is 8.42 Å². The first-order chi connectivity index (χ1) is 10.4. The molecule has 0 atom stereocenters. The minimum Gasteiger partial charge on any atom is -0.332 e. The van der Waals surface area contributed by atoms with Gasteiger partial charge in [-0.15, -0.1) is 0 Å². The molecule has 0 spiro atoms. The summed E-state index contributed by atoms with van der Waals surface area (Å²) in [5.74, 6) is 0.973. The third-order valence-electron chi connectivity index (χ3n) is 3.61. The molecule has 0 unspecified atom stereocenters. The van der Waals surface area contributed by atoms with E-state index in [-0.39, 0.29) is 6.54 Å². The van der Waals surface area contributed by atoms with Crippen molar-refractivity contribution in [3.8, 4) is 0 Å². The predicted molar refractivity (Wildman–Crippen MR) is 81.2 cm³/mol. The van der Waals surface area contributed by atoms with Crippen molar-refractivity contribution in [3.63, 3.8) is 0 Å². The van der Waals surface area contributed by atoms with E-state index >= 15 is 0 Å². The predicted octanol–water partition coefficient (Wildman–Crippen LogP) is -0.318. The zero-order chi connectivity index (χ0) is 15.7. The standard InChI is InChI=1S/C13H20N6O2S/c1-17-7-11(5-14-17)8-18-3-4-19-9-12(16-13(19)10-18)6-15-22(2,20)21/h5,7,9,15H,3-4,6,8,10H2,1-2H3. The van der Waals surface area contributed by atoms with Gasteiger partial charge in [0.15, 0.2) is 0 Å². The molecular formula is C13H20N6O2S. The molecule has 0 bridgehead atoms. The number of aromatic nitrogens is 4. The summed E-state index contributed by atoms with van der Waals surface area (Å²) in [5.41, 5.74) is 1.94. The number of sulfonamides is 1. The van der Waals surface area contributed by atoms with Crippen molar-refractivity contribution in [3.05, 3.63) is 35.7 Å². The van der Waals surface area contributed by atoms with Crippen LogP contribution in [0, 0.1) is 0 Å². The first kappa shape index (κ1) is 15.2. The van der Waals surface area contributed by atoms with Gasteiger partial charge in [0, 0.05) is 44.6 Å². The number of hydrogen-bond donors (Lipinski definition) is 1. The molecule has 2 aromatic rings. The van der Waals surface area contributed by atoms with Gasteiger partial charge in [0.05, 0.1) is 31.2 Å². The van der Waals surface area contributed by atoms with Crippen molar-refractivity contribution < 1.29 is 8.42 Å². The Hall–Kier alpha value is -1.71. The van der Waals surface area contributed by atoms with Gasteiger partial charge in [-0.3, -0.25) is 9.58 Å². The summed E-state index contributed by atoms with van der Waals surface area (Å²) in [6, 6.07) is 0. The van der Waals surface area contributed by atoms with Crippen molar-refractivity contribution in [2.24, 2.45) is 7.05 Å². The van der Waals surface area contributed by atoms with Crippen LogP contribution in [-0.2, 0) is 43.2 Å². The van der Waals surface area contributed by atoms with E-state index in [2.05, 4.69) is 24.3 Å². The molecule has 0 saturated heterocycles. The summed E-state index contributed by atoms with van der Waals surface area (Å²) < 4.78 is 28.7. The Balaban J connectivity index is 1.64. The number of nitrogens with one attached hydrogen (secondary N) is 1. The lowest BCUT2D eigenvalue weighted by Crippen LogP contribution is -2.33. The molecule has 0 amide bonds. The Kier molecular flexibility index (Phi) is 4.02. The van der Waals surface area contributed by atoms with Crippen molar-refractivity contribution in [1.29, 1.82) is 0 Å². The van der Waals surface area contributed by atoms with Crippen LogP contribution < -0.4 is 4.72 Å². The lowest BCUT2D eigenvalue weighted by Gasteiger charge is -2.26. The van der Waals surface area contributed by atoms with E-state index < -0.39 is 10.0 Å². The Bertz CT molecular complexity index is 763. The fourth-order valence-corrected chi connectivity index (χ4v) is 3.01. The minimum absolute atomic E-state index is 0.238. The molecule has 3 heterocycles. The second kappa shape index (κ2) is 5.82. The molecule has 0 fully saturated rings. The van der Waals surface area contributed by atoms with Crippen LogP contribution in [0.5, 0.6) is 0 Å². The van der Waals surface area contributed by atoms with Crippen molar-refractivity contribution in [1.82, 2.24) is 29.0 Å². The normalized spacial score (nSPS) is 15.9. The van der Waals surface area contributed by atoms with Crippen LogP contribution in [0.3, 0.4) is 0 Å². The molecule has 3 rings (SSSR count). The van der Waals surface area contributed by atoms with Gasteiger partial charge in [-0.05, 0) is 0 Å². The van der Waals surface area contributed by atoms with Gasteiger partial charge in [0.1, 0.15) is 5.82 Å². The first-order valence-corrected chi connectivity index (χ1v) is 8.97. The molecule has 0 aliphatic carbocycles. The molecule has 2 aromatic heterocycles. The second-order valence-corrected chi connectivity index (χ2v) is 7.50. The maximum absolute atomic E-state index is 11.1. The monoisotopic (exact) mass is 324 g/mol. The van der Waals surface area contributed by atoms with E-state index in [1.165, 1.54) is 5.56 Å². The second-order valence-electron chi connectivity index (χ2n) is 5.67. The van der Waals surface area contributed by atoms with Crippen LogP contribution in [0.25, 0.3) is 0 Å². The number of imidazole rings is 1. The van der Waals surface area contributed by atoms with E-state index in [0.717, 1.165) is 44.0 Å². The Labute approximate surface area is 129 Å². The van der Waals surface area contributed by atoms with Crippen molar-refractivity contribution in [2.75, 3.05) is 12.8 Å². The number of rotatable bonds is 5. The number of fused-ring (bicyclic) bond motifs is 1. The molecular weight excluding hydrogens is 304 g/mol. The van der Waals surface area contributed by atoms with E-state index in [4.69, 9.17) is 0 Å². The maximum atomic E-state index is 11.1. The zero-order valence-corrected chi connectivity index (χ0v) is 13.5. The molecule has 120 valence electrons. The quantitative estimate of drug-likeness (QED) is 0.815. The summed E-state index contributed by atoms with van der Waals surface area (Å²) in [7, 11) is -1.28. The Morgan fingerprint density at radius 1 is 1.32 bits per heavy atom. The maximum Gasteiger partial charge on any atom is 0.209 e. The van der Waals surface area contributed by atoms with Crippen molar-refractivity contribution in [2.45, 2.75) is 26.2 Å². The molecule has 9 heteroatoms. The highest BCUT2D eigenvalue weighted by atomic mass is 32.2. The SMILES string of the molecule is Cn1cc(CN2CCn3cc(CNS(C)(=O)=O)nc3C2)cn1. The van der Waals surface area contributed by atoms with Gasteiger partial charge < -0.3 is 4.57 Å². The highest BCUT2D eigenvalue weighted by Crippen LogP contribution is 2.15. The lowest BCUT2D eigenvalue weighted by atomic mass is 10.3. The third kappa shape index (κ3) is 3.73. The highest BCUT2D eigenvalue weighted by Gasteiger charge is 2.19. The molecule has 1 aliphatic rings. The van der Waals surface area contributed by atoms with E-state index in [0.29, 0.717) is 0 Å². The van der Waals surface area contributed by atoms with Crippen LogP contribution in [0.15, 0.2) is 18.6 Å². The Morgan fingerprint density at radius 3 is 2.82 bits per heavy atom. The summed E-state index contributed by atoms with van der Waals surface area (Å²) in [6.07, 6.45) is 6.97. The molecule has 0 saturated carbocycles. The zero-order valence-electron chi connectivity index (χ0n) is 12.7. The molecule has 22 heavy (non-hydrogen) atoms. The van der Waals surface area contributed by atoms with Crippen LogP contribution in [-0.4, -0.2) is 45.4 Å². The lowest BCUT2D eigenvalue weighted by molar-refractivity contribution is 0.209. The van der Waals surface area contributed by atoms with Crippen LogP contribution in [0.2, 0.25) is 0 Å². The van der Waals surface area contributed by atoms with Gasteiger partial charge in [-0.2, -0.15) is 5.10 Å². The van der Waals surface area contributed by atoms with Crippen LogP contribution in [0.4, 0.5) is 0 Å². The minimum atomic E-state index is -3.19. The van der Waals surface area contributed by atoms with Gasteiger partial charge in [0.25, 0.3) is 0 Å². The summed E-state index contributed by atoms with van der Waals surface area (Å²) in [4.78, 5) is 6.84. The number of aryl methyl sites for hydroxylation is 1. The van der Waals surface area contributed by atoms with Gasteiger partial charge in [-0.25, -0.2) is 18.1 Å². The first-order valence-electron chi connectivity index (χ1n) is 7.08.